The molecule has 0 aliphatic heterocycles. The smallest absolute Gasteiger partial charge is 0.264 e. The third-order valence-corrected chi connectivity index (χ3v) is 3.98. The van der Waals surface area contributed by atoms with Crippen LogP contribution in [0.3, 0.4) is 0 Å². The molecule has 2 nitrogen and oxygen atoms in total. The number of hydrogen-bond donors (Lipinski definition) is 0. The van der Waals surface area contributed by atoms with Crippen molar-refractivity contribution in [2.75, 3.05) is 13.1 Å². The Kier molecular flexibility index (Phi) is 4.74. The average Bonchev–Trinajstić information content (AvgIpc) is 2.94. The molecule has 0 bridgehead atoms. The predicted octanol–water partition coefficient (Wildman–Crippen LogP) is 4.45. The minimum Gasteiger partial charge on any atom is -0.334 e. The van der Waals surface area contributed by atoms with Gasteiger partial charge in [-0.25, -0.2) is 0 Å². The fourth-order valence-electron chi connectivity index (χ4n) is 2.12. The molecule has 0 atom stereocenters. The fourth-order valence-corrected chi connectivity index (χ4v) is 3.00. The SMILES string of the molecule is C=C(C)CN(CC)C(=O)c1sccc1-c1ccccc1. The second-order valence-corrected chi connectivity index (χ2v) is 5.72. The fraction of sp³-hybridized carbons (Fsp3) is 0.235. The van der Waals surface area contributed by atoms with Crippen molar-refractivity contribution < 1.29 is 4.79 Å². The molecule has 3 heteroatoms. The van der Waals surface area contributed by atoms with Gasteiger partial charge in [-0.1, -0.05) is 42.5 Å². The van der Waals surface area contributed by atoms with E-state index < -0.39 is 0 Å². The zero-order valence-corrected chi connectivity index (χ0v) is 12.7. The van der Waals surface area contributed by atoms with Gasteiger partial charge < -0.3 is 4.90 Å². The molecular formula is C17H19NOS. The summed E-state index contributed by atoms with van der Waals surface area (Å²) in [7, 11) is 0. The summed E-state index contributed by atoms with van der Waals surface area (Å²) < 4.78 is 0. The van der Waals surface area contributed by atoms with Crippen molar-refractivity contribution in [3.8, 4) is 11.1 Å². The van der Waals surface area contributed by atoms with Gasteiger partial charge in [0.2, 0.25) is 0 Å². The average molecular weight is 285 g/mol. The van der Waals surface area contributed by atoms with Gasteiger partial charge in [0.25, 0.3) is 5.91 Å². The maximum absolute atomic E-state index is 12.7. The van der Waals surface area contributed by atoms with Crippen molar-refractivity contribution in [1.82, 2.24) is 4.90 Å². The molecule has 1 heterocycles. The third kappa shape index (κ3) is 3.17. The molecule has 0 unspecified atom stereocenters. The standard InChI is InChI=1S/C17H19NOS/c1-4-18(12-13(2)3)17(19)16-15(10-11-20-16)14-8-6-5-7-9-14/h5-11H,2,4,12H2,1,3H3. The lowest BCUT2D eigenvalue weighted by Crippen LogP contribution is -2.31. The quantitative estimate of drug-likeness (QED) is 0.743. The van der Waals surface area contributed by atoms with Crippen LogP contribution in [0.15, 0.2) is 53.9 Å². The molecule has 0 saturated heterocycles. The molecule has 0 spiro atoms. The highest BCUT2D eigenvalue weighted by Crippen LogP contribution is 2.29. The number of amides is 1. The van der Waals surface area contributed by atoms with Gasteiger partial charge in [0, 0.05) is 18.7 Å². The molecule has 0 aliphatic rings. The normalized spacial score (nSPS) is 10.3. The third-order valence-electron chi connectivity index (χ3n) is 3.07. The zero-order chi connectivity index (χ0) is 14.5. The van der Waals surface area contributed by atoms with Crippen molar-refractivity contribution in [2.45, 2.75) is 13.8 Å². The van der Waals surface area contributed by atoms with Gasteiger partial charge >= 0.3 is 0 Å². The topological polar surface area (TPSA) is 20.3 Å². The maximum Gasteiger partial charge on any atom is 0.264 e. The summed E-state index contributed by atoms with van der Waals surface area (Å²) in [5.74, 6) is 0.0874. The molecule has 2 aromatic rings. The highest BCUT2D eigenvalue weighted by molar-refractivity contribution is 7.12. The van der Waals surface area contributed by atoms with Gasteiger partial charge in [0.1, 0.15) is 0 Å². The molecule has 0 N–H and O–H groups in total. The Hall–Kier alpha value is -1.87. The van der Waals surface area contributed by atoms with Gasteiger partial charge in [-0.2, -0.15) is 0 Å². The summed E-state index contributed by atoms with van der Waals surface area (Å²) in [6.45, 7) is 9.15. The minimum absolute atomic E-state index is 0.0874. The first-order valence-electron chi connectivity index (χ1n) is 6.70. The van der Waals surface area contributed by atoms with Gasteiger partial charge in [-0.3, -0.25) is 4.79 Å². The van der Waals surface area contributed by atoms with Crippen LogP contribution in [0.1, 0.15) is 23.5 Å². The van der Waals surface area contributed by atoms with Crippen molar-refractivity contribution in [2.24, 2.45) is 0 Å². The second kappa shape index (κ2) is 6.53. The molecule has 0 aliphatic carbocycles. The number of nitrogens with zero attached hydrogens (tertiary/aromatic N) is 1. The van der Waals surface area contributed by atoms with Crippen LogP contribution in [0.25, 0.3) is 11.1 Å². The van der Waals surface area contributed by atoms with Crippen molar-refractivity contribution in [1.29, 1.82) is 0 Å². The first-order chi connectivity index (χ1) is 9.63. The first kappa shape index (κ1) is 14.5. The van der Waals surface area contributed by atoms with Crippen LogP contribution in [0.2, 0.25) is 0 Å². The predicted molar refractivity (Wildman–Crippen MR) is 86.1 cm³/mol. The van der Waals surface area contributed by atoms with Crippen LogP contribution in [0.4, 0.5) is 0 Å². The molecule has 104 valence electrons. The van der Waals surface area contributed by atoms with Gasteiger partial charge in [-0.05, 0) is 30.9 Å². The van der Waals surface area contributed by atoms with E-state index in [1.54, 1.807) is 0 Å². The molecule has 20 heavy (non-hydrogen) atoms. The van der Waals surface area contributed by atoms with E-state index in [4.69, 9.17) is 0 Å². The van der Waals surface area contributed by atoms with Crippen LogP contribution < -0.4 is 0 Å². The summed E-state index contributed by atoms with van der Waals surface area (Å²) in [5.41, 5.74) is 3.10. The van der Waals surface area contributed by atoms with Crippen molar-refractivity contribution in [3.63, 3.8) is 0 Å². The maximum atomic E-state index is 12.7. The van der Waals surface area contributed by atoms with Crippen molar-refractivity contribution in [3.05, 3.63) is 58.8 Å². The van der Waals surface area contributed by atoms with E-state index in [1.165, 1.54) is 11.3 Å². The number of thiophene rings is 1. The number of likely N-dealkylation sites (N-methyl/N-ethyl adjacent to an activating group) is 1. The number of benzene rings is 1. The van der Waals surface area contributed by atoms with E-state index in [2.05, 4.69) is 6.58 Å². The van der Waals surface area contributed by atoms with Crippen LogP contribution in [0.5, 0.6) is 0 Å². The Morgan fingerprint density at radius 1 is 1.25 bits per heavy atom. The Labute approximate surface area is 124 Å². The Morgan fingerprint density at radius 2 is 1.95 bits per heavy atom. The summed E-state index contributed by atoms with van der Waals surface area (Å²) >= 11 is 1.50. The number of carbonyl (C=O) groups excluding carboxylic acids is 1. The van der Waals surface area contributed by atoms with Gasteiger partial charge in [0.05, 0.1) is 4.88 Å². The molecule has 1 aromatic heterocycles. The van der Waals surface area contributed by atoms with Crippen LogP contribution in [-0.4, -0.2) is 23.9 Å². The lowest BCUT2D eigenvalue weighted by atomic mass is 10.1. The Morgan fingerprint density at radius 3 is 2.55 bits per heavy atom. The minimum atomic E-state index is 0.0874. The van der Waals surface area contributed by atoms with Crippen LogP contribution in [0, 0.1) is 0 Å². The molecule has 0 radical (unpaired) electrons. The van der Waals surface area contributed by atoms with E-state index in [9.17, 15) is 4.79 Å². The van der Waals surface area contributed by atoms with Gasteiger partial charge in [-0.15, -0.1) is 11.3 Å². The number of hydrogen-bond acceptors (Lipinski definition) is 2. The summed E-state index contributed by atoms with van der Waals surface area (Å²) in [6, 6.07) is 12.1. The second-order valence-electron chi connectivity index (χ2n) is 4.81. The van der Waals surface area contributed by atoms with Crippen LogP contribution >= 0.6 is 11.3 Å². The molecule has 1 amide bonds. The monoisotopic (exact) mass is 285 g/mol. The molecular weight excluding hydrogens is 266 g/mol. The first-order valence-corrected chi connectivity index (χ1v) is 7.58. The van der Waals surface area contributed by atoms with E-state index in [0.29, 0.717) is 13.1 Å². The lowest BCUT2D eigenvalue weighted by molar-refractivity contribution is 0.0784. The van der Waals surface area contributed by atoms with Crippen LogP contribution in [-0.2, 0) is 0 Å². The van der Waals surface area contributed by atoms with Gasteiger partial charge in [0.15, 0.2) is 0 Å². The van der Waals surface area contributed by atoms with E-state index in [1.807, 2.05) is 60.5 Å². The summed E-state index contributed by atoms with van der Waals surface area (Å²) in [6.07, 6.45) is 0. The van der Waals surface area contributed by atoms with E-state index >= 15 is 0 Å². The highest BCUT2D eigenvalue weighted by atomic mass is 32.1. The van der Waals surface area contributed by atoms with E-state index in [0.717, 1.165) is 21.6 Å². The zero-order valence-electron chi connectivity index (χ0n) is 11.9. The summed E-state index contributed by atoms with van der Waals surface area (Å²) in [5, 5.41) is 1.98. The highest BCUT2D eigenvalue weighted by Gasteiger charge is 2.19. The van der Waals surface area contributed by atoms with E-state index in [-0.39, 0.29) is 5.91 Å². The molecule has 0 fully saturated rings. The molecule has 0 saturated carbocycles. The molecule has 2 rings (SSSR count). The largest absolute Gasteiger partial charge is 0.334 e. The molecule has 1 aromatic carbocycles. The number of rotatable bonds is 5. The summed E-state index contributed by atoms with van der Waals surface area (Å²) in [4.78, 5) is 15.3. The Balaban J connectivity index is 2.32. The lowest BCUT2D eigenvalue weighted by Gasteiger charge is -2.21. The van der Waals surface area contributed by atoms with Crippen molar-refractivity contribution >= 4 is 17.2 Å². The number of carbonyl (C=O) groups is 1. The Bertz CT molecular complexity index is 600.